The fourth-order valence-corrected chi connectivity index (χ4v) is 12.4. The van der Waals surface area contributed by atoms with Crippen LogP contribution in [0.3, 0.4) is 0 Å². The Kier molecular flexibility index (Phi) is 14.3. The summed E-state index contributed by atoms with van der Waals surface area (Å²) in [5.41, 5.74) is 3.04. The number of unbranched alkanes of at least 4 members (excludes halogenated alkanes) is 2. The summed E-state index contributed by atoms with van der Waals surface area (Å²) in [5.74, 6) is 5.53. The molecule has 0 aromatic rings. The van der Waals surface area contributed by atoms with Gasteiger partial charge in [0, 0.05) is 11.0 Å². The molecule has 0 aromatic heterocycles. The summed E-state index contributed by atoms with van der Waals surface area (Å²) in [5, 5.41) is 9.43. The van der Waals surface area contributed by atoms with E-state index in [4.69, 9.17) is 5.11 Å². The molecular formula is C38H68O2S2. The Bertz CT molecular complexity index is 865. The zero-order valence-corrected chi connectivity index (χ0v) is 30.6. The van der Waals surface area contributed by atoms with Crippen LogP contribution in [0.4, 0.5) is 0 Å². The number of fused-ring (bicyclic) bond motifs is 5. The number of carboxylic acids is 1. The summed E-state index contributed by atoms with van der Waals surface area (Å²) < 4.78 is 0. The number of hydrogen-bond donors (Lipinski definition) is 1. The van der Waals surface area contributed by atoms with Crippen LogP contribution in [-0.4, -0.2) is 22.1 Å². The lowest BCUT2D eigenvalue weighted by Crippen LogP contribution is -2.50. The van der Waals surface area contributed by atoms with E-state index >= 15 is 0 Å². The molecule has 1 N–H and O–H groups in total. The Balaban J connectivity index is 0.000000375. The molecule has 42 heavy (non-hydrogen) atoms. The minimum atomic E-state index is -0.689. The third-order valence-corrected chi connectivity index (χ3v) is 15.3. The van der Waals surface area contributed by atoms with Crippen molar-refractivity contribution in [1.29, 1.82) is 0 Å². The van der Waals surface area contributed by atoms with Gasteiger partial charge in [-0.15, -0.1) is 0 Å². The van der Waals surface area contributed by atoms with Crippen molar-refractivity contribution in [2.45, 2.75) is 170 Å². The molecule has 0 amide bonds. The van der Waals surface area contributed by atoms with Gasteiger partial charge in [0.15, 0.2) is 0 Å². The van der Waals surface area contributed by atoms with E-state index in [0.717, 1.165) is 54.1 Å². The van der Waals surface area contributed by atoms with Gasteiger partial charge in [0.1, 0.15) is 0 Å². The summed E-state index contributed by atoms with van der Waals surface area (Å²) in [7, 11) is 4.34. The molecule has 0 radical (unpaired) electrons. The fourth-order valence-electron chi connectivity index (χ4n) is 9.62. The molecule has 244 valence electrons. The number of rotatable bonds is 14. The van der Waals surface area contributed by atoms with Crippen LogP contribution < -0.4 is 0 Å². The first-order valence-corrected chi connectivity index (χ1v) is 20.4. The van der Waals surface area contributed by atoms with Crippen LogP contribution >= 0.6 is 21.6 Å². The molecule has 7 unspecified atom stereocenters. The average Bonchev–Trinajstić information content (AvgIpc) is 3.26. The van der Waals surface area contributed by atoms with E-state index in [-0.39, 0.29) is 11.8 Å². The van der Waals surface area contributed by atoms with Crippen LogP contribution in [0.15, 0.2) is 11.6 Å². The van der Waals surface area contributed by atoms with Crippen LogP contribution in [0.2, 0.25) is 0 Å². The molecule has 0 heterocycles. The third kappa shape index (κ3) is 9.46. The smallest absolute Gasteiger partial charge is 0.303 e. The summed E-state index contributed by atoms with van der Waals surface area (Å²) >= 11 is 0. The maximum atomic E-state index is 10.4. The number of allylic oxidation sites excluding steroid dienone is 2. The van der Waals surface area contributed by atoms with E-state index in [1.165, 1.54) is 89.2 Å². The summed E-state index contributed by atoms with van der Waals surface area (Å²) in [4.78, 5) is 10.4. The minimum Gasteiger partial charge on any atom is -0.481 e. The SMILES string of the molecule is CCCCC(C)(C)CC(=O)O.CCCSSC1CCC2(C)C(=CCC3C2CCC2(C)C(CCCCC(C)C)CCC32)C1. The monoisotopic (exact) mass is 620 g/mol. The van der Waals surface area contributed by atoms with Gasteiger partial charge in [-0.1, -0.05) is 121 Å². The largest absolute Gasteiger partial charge is 0.481 e. The molecule has 4 aliphatic rings. The lowest BCUT2D eigenvalue weighted by atomic mass is 9.47. The predicted molar refractivity (Wildman–Crippen MR) is 188 cm³/mol. The number of carbonyl (C=O) groups is 1. The molecule has 0 saturated heterocycles. The highest BCUT2D eigenvalue weighted by Crippen LogP contribution is 2.67. The molecule has 0 aliphatic heterocycles. The van der Waals surface area contributed by atoms with Gasteiger partial charge in [-0.05, 0) is 116 Å². The van der Waals surface area contributed by atoms with E-state index in [0.29, 0.717) is 10.8 Å². The first-order chi connectivity index (χ1) is 19.9. The van der Waals surface area contributed by atoms with Crippen LogP contribution in [0.1, 0.15) is 165 Å². The zero-order chi connectivity index (χ0) is 31.0. The molecule has 3 fully saturated rings. The summed E-state index contributed by atoms with van der Waals surface area (Å²) in [6.07, 6.45) is 25.4. The van der Waals surface area contributed by atoms with Gasteiger partial charge in [-0.2, -0.15) is 0 Å². The maximum Gasteiger partial charge on any atom is 0.303 e. The predicted octanol–water partition coefficient (Wildman–Crippen LogP) is 12.6. The van der Waals surface area contributed by atoms with Gasteiger partial charge >= 0.3 is 5.97 Å². The minimum absolute atomic E-state index is 0.0259. The van der Waals surface area contributed by atoms with Crippen molar-refractivity contribution in [3.63, 3.8) is 0 Å². The second kappa shape index (κ2) is 16.5. The Morgan fingerprint density at radius 3 is 2.45 bits per heavy atom. The van der Waals surface area contributed by atoms with Gasteiger partial charge in [0.2, 0.25) is 0 Å². The molecule has 0 bridgehead atoms. The van der Waals surface area contributed by atoms with E-state index < -0.39 is 5.97 Å². The second-order valence-corrected chi connectivity index (χ2v) is 19.2. The van der Waals surface area contributed by atoms with E-state index in [2.05, 4.69) is 69.2 Å². The van der Waals surface area contributed by atoms with Crippen molar-refractivity contribution < 1.29 is 9.90 Å². The Morgan fingerprint density at radius 2 is 1.79 bits per heavy atom. The molecule has 3 saturated carbocycles. The van der Waals surface area contributed by atoms with Crippen molar-refractivity contribution in [3.05, 3.63) is 11.6 Å². The highest BCUT2D eigenvalue weighted by Gasteiger charge is 2.58. The van der Waals surface area contributed by atoms with Gasteiger partial charge in [-0.25, -0.2) is 0 Å². The van der Waals surface area contributed by atoms with Crippen LogP contribution in [0.5, 0.6) is 0 Å². The molecule has 4 heteroatoms. The zero-order valence-electron chi connectivity index (χ0n) is 28.9. The fraction of sp³-hybridized carbons (Fsp3) is 0.921. The summed E-state index contributed by atoms with van der Waals surface area (Å²) in [6.45, 7) is 18.6. The molecule has 4 aliphatic carbocycles. The third-order valence-electron chi connectivity index (χ3n) is 12.2. The van der Waals surface area contributed by atoms with Crippen molar-refractivity contribution in [3.8, 4) is 0 Å². The van der Waals surface area contributed by atoms with Crippen molar-refractivity contribution in [2.75, 3.05) is 5.75 Å². The van der Waals surface area contributed by atoms with E-state index in [1.54, 1.807) is 0 Å². The normalized spacial score (nSPS) is 34.1. The van der Waals surface area contributed by atoms with Crippen molar-refractivity contribution in [2.24, 2.45) is 45.8 Å². The van der Waals surface area contributed by atoms with Gasteiger partial charge in [0.25, 0.3) is 0 Å². The van der Waals surface area contributed by atoms with Crippen molar-refractivity contribution in [1.82, 2.24) is 0 Å². The van der Waals surface area contributed by atoms with Crippen LogP contribution in [0, 0.1) is 45.8 Å². The second-order valence-electron chi connectivity index (χ2n) is 16.4. The Labute approximate surface area is 269 Å². The Morgan fingerprint density at radius 1 is 1.02 bits per heavy atom. The topological polar surface area (TPSA) is 37.3 Å². The lowest BCUT2D eigenvalue weighted by Gasteiger charge is -2.58. The van der Waals surface area contributed by atoms with Crippen LogP contribution in [-0.2, 0) is 4.79 Å². The molecule has 4 rings (SSSR count). The molecule has 2 nitrogen and oxygen atoms in total. The van der Waals surface area contributed by atoms with Crippen molar-refractivity contribution >= 4 is 27.6 Å². The van der Waals surface area contributed by atoms with E-state index in [9.17, 15) is 4.79 Å². The Hall–Kier alpha value is -0.0900. The number of aliphatic carboxylic acids is 1. The molecule has 0 spiro atoms. The quantitative estimate of drug-likeness (QED) is 0.119. The lowest BCUT2D eigenvalue weighted by molar-refractivity contribution is -0.139. The molecular weight excluding hydrogens is 553 g/mol. The summed E-state index contributed by atoms with van der Waals surface area (Å²) in [6, 6.07) is 0. The number of carboxylic acid groups (broad SMARTS) is 1. The van der Waals surface area contributed by atoms with Crippen LogP contribution in [0.25, 0.3) is 0 Å². The standard InChI is InChI=1S/C29H50S2.C9H18O2/c1-6-19-30-31-24-15-17-29(5)23(20-24)11-13-25-26-14-12-22(10-8-7-9-21(2)3)28(26,4)18-16-27(25)29;1-4-5-6-9(2,3)7-8(10)11/h11,21-22,24-27H,6-10,12-20H2,1-5H3;4-7H2,1-3H3,(H,10,11). The first kappa shape index (κ1) is 36.4. The van der Waals surface area contributed by atoms with Gasteiger partial charge < -0.3 is 5.11 Å². The highest BCUT2D eigenvalue weighted by molar-refractivity contribution is 8.76. The molecule has 7 atom stereocenters. The maximum absolute atomic E-state index is 10.4. The van der Waals surface area contributed by atoms with Gasteiger partial charge in [0.05, 0.1) is 6.42 Å². The highest BCUT2D eigenvalue weighted by atomic mass is 33.1. The first-order valence-electron chi connectivity index (χ1n) is 18.1. The van der Waals surface area contributed by atoms with E-state index in [1.807, 2.05) is 19.4 Å². The molecule has 0 aromatic carbocycles. The average molecular weight is 621 g/mol. The number of hydrogen-bond acceptors (Lipinski definition) is 3. The van der Waals surface area contributed by atoms with Gasteiger partial charge in [-0.3, -0.25) is 4.79 Å².